The Kier molecular flexibility index (Phi) is 16.8. The molecular formula is C18H31IO. The van der Waals surface area contributed by atoms with E-state index >= 15 is 0 Å². The minimum absolute atomic E-state index is 0.299. The standard InChI is InChI=1S/C18H31IO/c1-2-3-4-5-6-7-8-9-10-11-12-13-14-15-16-17-18(19)20/h6-7,9-10H,2-5,8,11-17H2,1H3/b7-6-,10-9-. The molecule has 20 heavy (non-hydrogen) atoms. The Morgan fingerprint density at radius 2 is 1.35 bits per heavy atom. The average Bonchev–Trinajstić information content (AvgIpc) is 2.43. The van der Waals surface area contributed by atoms with Crippen LogP contribution < -0.4 is 0 Å². The van der Waals surface area contributed by atoms with Gasteiger partial charge in [0.15, 0.2) is 3.79 Å². The van der Waals surface area contributed by atoms with Crippen LogP contribution in [0.5, 0.6) is 0 Å². The Labute approximate surface area is 139 Å². The van der Waals surface area contributed by atoms with E-state index < -0.39 is 0 Å². The Morgan fingerprint density at radius 1 is 0.800 bits per heavy atom. The number of carbonyl (C=O) groups excluding carboxylic acids is 1. The predicted octanol–water partition coefficient (Wildman–Crippen LogP) is 6.76. The molecule has 0 aliphatic carbocycles. The van der Waals surface area contributed by atoms with Gasteiger partial charge >= 0.3 is 0 Å². The van der Waals surface area contributed by atoms with Crippen molar-refractivity contribution in [3.8, 4) is 0 Å². The zero-order valence-corrected chi connectivity index (χ0v) is 15.2. The molecule has 0 rings (SSSR count). The Morgan fingerprint density at radius 3 is 1.95 bits per heavy atom. The van der Waals surface area contributed by atoms with Crippen LogP contribution in [-0.2, 0) is 4.79 Å². The monoisotopic (exact) mass is 390 g/mol. The minimum Gasteiger partial charge on any atom is -0.288 e. The minimum atomic E-state index is 0.299. The number of rotatable bonds is 14. The molecule has 0 N–H and O–H groups in total. The number of hydrogen-bond acceptors (Lipinski definition) is 1. The molecule has 0 atom stereocenters. The molecule has 0 aliphatic heterocycles. The van der Waals surface area contributed by atoms with E-state index in [1.165, 1.54) is 57.8 Å². The first-order valence-corrected chi connectivity index (χ1v) is 9.33. The second kappa shape index (κ2) is 16.9. The first-order chi connectivity index (χ1) is 9.77. The zero-order chi connectivity index (χ0) is 14.9. The summed E-state index contributed by atoms with van der Waals surface area (Å²) in [7, 11) is 0. The predicted molar refractivity (Wildman–Crippen MR) is 98.4 cm³/mol. The van der Waals surface area contributed by atoms with Crippen LogP contribution in [0.4, 0.5) is 0 Å². The zero-order valence-electron chi connectivity index (χ0n) is 13.1. The molecule has 0 heterocycles. The van der Waals surface area contributed by atoms with Gasteiger partial charge in [-0.25, -0.2) is 0 Å². The van der Waals surface area contributed by atoms with Gasteiger partial charge in [0.1, 0.15) is 0 Å². The molecule has 1 nitrogen and oxygen atoms in total. The number of hydrogen-bond donors (Lipinski definition) is 0. The molecule has 0 radical (unpaired) electrons. The lowest BCUT2D eigenvalue weighted by atomic mass is 10.1. The summed E-state index contributed by atoms with van der Waals surface area (Å²) in [4.78, 5) is 10.7. The number of allylic oxidation sites excluding steroid dienone is 4. The van der Waals surface area contributed by atoms with Crippen LogP contribution >= 0.6 is 22.6 Å². The van der Waals surface area contributed by atoms with E-state index in [-0.39, 0.29) is 0 Å². The highest BCUT2D eigenvalue weighted by atomic mass is 127. The maximum absolute atomic E-state index is 10.7. The van der Waals surface area contributed by atoms with E-state index in [0.717, 1.165) is 19.3 Å². The van der Waals surface area contributed by atoms with Gasteiger partial charge < -0.3 is 0 Å². The second-order valence-corrected chi connectivity index (χ2v) is 6.54. The van der Waals surface area contributed by atoms with Crippen molar-refractivity contribution < 1.29 is 4.79 Å². The lowest BCUT2D eigenvalue weighted by Crippen LogP contribution is -1.85. The first-order valence-electron chi connectivity index (χ1n) is 8.25. The Balaban J connectivity index is 3.17. The highest BCUT2D eigenvalue weighted by Crippen LogP contribution is 2.09. The van der Waals surface area contributed by atoms with Crippen LogP contribution in [-0.4, -0.2) is 3.79 Å². The highest BCUT2D eigenvalue weighted by Gasteiger charge is 1.94. The van der Waals surface area contributed by atoms with Crippen molar-refractivity contribution in [2.75, 3.05) is 0 Å². The fourth-order valence-corrected chi connectivity index (χ4v) is 2.46. The molecule has 0 saturated carbocycles. The Bertz CT molecular complexity index is 269. The van der Waals surface area contributed by atoms with Gasteiger partial charge in [0, 0.05) is 6.42 Å². The molecule has 0 spiro atoms. The van der Waals surface area contributed by atoms with Gasteiger partial charge in [0.2, 0.25) is 0 Å². The maximum atomic E-state index is 10.7. The Hall–Kier alpha value is -0.120. The van der Waals surface area contributed by atoms with Crippen molar-refractivity contribution in [2.45, 2.75) is 84.0 Å². The van der Waals surface area contributed by atoms with Gasteiger partial charge in [0.25, 0.3) is 0 Å². The molecule has 0 aromatic heterocycles. The summed E-state index contributed by atoms with van der Waals surface area (Å²) in [5.41, 5.74) is 0. The molecular weight excluding hydrogens is 359 g/mol. The highest BCUT2D eigenvalue weighted by molar-refractivity contribution is 14.1. The van der Waals surface area contributed by atoms with E-state index in [1.807, 2.05) is 22.6 Å². The summed E-state index contributed by atoms with van der Waals surface area (Å²) < 4.78 is 0.299. The summed E-state index contributed by atoms with van der Waals surface area (Å²) >= 11 is 1.89. The molecule has 116 valence electrons. The summed E-state index contributed by atoms with van der Waals surface area (Å²) in [6.07, 6.45) is 23.6. The number of unbranched alkanes of at least 4 members (excludes halogenated alkanes) is 8. The van der Waals surface area contributed by atoms with Crippen molar-refractivity contribution in [1.29, 1.82) is 0 Å². The molecule has 0 fully saturated rings. The van der Waals surface area contributed by atoms with Crippen molar-refractivity contribution in [3.63, 3.8) is 0 Å². The SMILES string of the molecule is CCCCC/C=C\C/C=C\CCCCCCCC(=O)I. The molecule has 0 unspecified atom stereocenters. The fourth-order valence-electron chi connectivity index (χ4n) is 2.08. The van der Waals surface area contributed by atoms with Crippen molar-refractivity contribution >= 4 is 26.4 Å². The fraction of sp³-hybridized carbons (Fsp3) is 0.722. The number of carbonyl (C=O) groups is 1. The molecule has 0 aliphatic rings. The lowest BCUT2D eigenvalue weighted by Gasteiger charge is -1.98. The van der Waals surface area contributed by atoms with Crippen molar-refractivity contribution in [3.05, 3.63) is 24.3 Å². The summed E-state index contributed by atoms with van der Waals surface area (Å²) in [5.74, 6) is 0. The smallest absolute Gasteiger partial charge is 0.192 e. The van der Waals surface area contributed by atoms with Gasteiger partial charge in [-0.1, -0.05) is 63.3 Å². The largest absolute Gasteiger partial charge is 0.288 e. The van der Waals surface area contributed by atoms with E-state index in [9.17, 15) is 4.79 Å². The first kappa shape index (κ1) is 19.9. The summed E-state index contributed by atoms with van der Waals surface area (Å²) in [5, 5.41) is 0. The van der Waals surface area contributed by atoms with E-state index in [4.69, 9.17) is 0 Å². The third-order valence-electron chi connectivity index (χ3n) is 3.32. The van der Waals surface area contributed by atoms with Crippen LogP contribution in [0, 0.1) is 0 Å². The van der Waals surface area contributed by atoms with Crippen molar-refractivity contribution in [1.82, 2.24) is 0 Å². The molecule has 0 aromatic carbocycles. The van der Waals surface area contributed by atoms with Gasteiger partial charge in [-0.3, -0.25) is 4.79 Å². The van der Waals surface area contributed by atoms with Crippen molar-refractivity contribution in [2.24, 2.45) is 0 Å². The van der Waals surface area contributed by atoms with Crippen LogP contribution in [0.3, 0.4) is 0 Å². The normalized spacial score (nSPS) is 11.7. The van der Waals surface area contributed by atoms with Gasteiger partial charge in [0.05, 0.1) is 0 Å². The lowest BCUT2D eigenvalue weighted by molar-refractivity contribution is -0.109. The number of halogens is 1. The van der Waals surface area contributed by atoms with Crippen LogP contribution in [0.15, 0.2) is 24.3 Å². The van der Waals surface area contributed by atoms with E-state index in [1.54, 1.807) is 0 Å². The third-order valence-corrected chi connectivity index (χ3v) is 3.86. The average molecular weight is 390 g/mol. The van der Waals surface area contributed by atoms with Gasteiger partial charge in [-0.2, -0.15) is 0 Å². The summed E-state index contributed by atoms with van der Waals surface area (Å²) in [6.45, 7) is 2.25. The summed E-state index contributed by atoms with van der Waals surface area (Å²) in [6, 6.07) is 0. The second-order valence-electron chi connectivity index (χ2n) is 5.34. The molecule has 2 heteroatoms. The third kappa shape index (κ3) is 17.9. The van der Waals surface area contributed by atoms with E-state index in [0.29, 0.717) is 3.79 Å². The molecule has 0 saturated heterocycles. The molecule has 0 bridgehead atoms. The quantitative estimate of drug-likeness (QED) is 0.139. The molecule has 0 amide bonds. The van der Waals surface area contributed by atoms with Crippen LogP contribution in [0.25, 0.3) is 0 Å². The molecule has 0 aromatic rings. The topological polar surface area (TPSA) is 17.1 Å². The van der Waals surface area contributed by atoms with Gasteiger partial charge in [-0.15, -0.1) is 0 Å². The maximum Gasteiger partial charge on any atom is 0.192 e. The van der Waals surface area contributed by atoms with Crippen LogP contribution in [0.2, 0.25) is 0 Å². The van der Waals surface area contributed by atoms with Gasteiger partial charge in [-0.05, 0) is 61.1 Å². The van der Waals surface area contributed by atoms with Crippen LogP contribution in [0.1, 0.15) is 84.0 Å². The van der Waals surface area contributed by atoms with E-state index in [2.05, 4.69) is 31.2 Å².